The van der Waals surface area contributed by atoms with E-state index >= 15 is 0 Å². The molecule has 0 bridgehead atoms. The Kier molecular flexibility index (Phi) is 5.48. The molecular weight excluding hydrogens is 358 g/mol. The number of benzene rings is 1. The Balaban J connectivity index is 1.91. The molecule has 1 aromatic carbocycles. The molecule has 28 heavy (non-hydrogen) atoms. The summed E-state index contributed by atoms with van der Waals surface area (Å²) in [7, 11) is 3.22. The highest BCUT2D eigenvalue weighted by Gasteiger charge is 2.25. The number of para-hydroxylation sites is 1. The summed E-state index contributed by atoms with van der Waals surface area (Å²) in [5.74, 6) is 2.08. The van der Waals surface area contributed by atoms with Crippen molar-refractivity contribution in [2.24, 2.45) is 0 Å². The molecule has 8 heteroatoms. The van der Waals surface area contributed by atoms with Crippen molar-refractivity contribution in [3.05, 3.63) is 36.4 Å². The average Bonchev–Trinajstić information content (AvgIpc) is 3.10. The van der Waals surface area contributed by atoms with Gasteiger partial charge in [-0.15, -0.1) is 0 Å². The molecule has 0 aliphatic heterocycles. The molecule has 8 nitrogen and oxygen atoms in total. The molecule has 0 saturated heterocycles. The first kappa shape index (κ1) is 19.6. The number of rotatable bonds is 8. The van der Waals surface area contributed by atoms with Crippen LogP contribution in [0.1, 0.15) is 32.8 Å². The molecule has 0 saturated carbocycles. The van der Waals surface area contributed by atoms with E-state index in [1.54, 1.807) is 27.5 Å². The smallest absolute Gasteiger partial charge is 0.165 e. The summed E-state index contributed by atoms with van der Waals surface area (Å²) in [4.78, 5) is 24.8. The van der Waals surface area contributed by atoms with E-state index in [2.05, 4.69) is 20.3 Å². The van der Waals surface area contributed by atoms with Crippen LogP contribution in [-0.4, -0.2) is 39.5 Å². The average molecular weight is 383 g/mol. The molecule has 3 rings (SSSR count). The fourth-order valence-corrected chi connectivity index (χ4v) is 3.37. The lowest BCUT2D eigenvalue weighted by Gasteiger charge is -2.25. The van der Waals surface area contributed by atoms with Gasteiger partial charge in [0.25, 0.3) is 0 Å². The largest absolute Gasteiger partial charge is 0.493 e. The predicted octanol–water partition coefficient (Wildman–Crippen LogP) is 3.17. The van der Waals surface area contributed by atoms with Crippen LogP contribution in [0, 0.1) is 0 Å². The summed E-state index contributed by atoms with van der Waals surface area (Å²) in [5.41, 5.74) is 1.84. The number of fused-ring (bicyclic) bond motifs is 1. The minimum atomic E-state index is -0.428. The van der Waals surface area contributed by atoms with Gasteiger partial charge in [0, 0.05) is 24.1 Å². The number of ether oxygens (including phenoxy) is 2. The zero-order valence-electron chi connectivity index (χ0n) is 16.8. The number of nitrogens with zero attached hydrogens (tertiary/aromatic N) is 4. The zero-order valence-corrected chi connectivity index (χ0v) is 16.8. The Morgan fingerprint density at radius 3 is 2.64 bits per heavy atom. The van der Waals surface area contributed by atoms with Crippen LogP contribution in [0.15, 0.2) is 30.9 Å². The molecular formula is C20H25N5O3. The predicted molar refractivity (Wildman–Crippen MR) is 107 cm³/mol. The first-order chi connectivity index (χ1) is 13.4. The van der Waals surface area contributed by atoms with Crippen LogP contribution in [0.2, 0.25) is 0 Å². The maximum absolute atomic E-state index is 11.6. The molecule has 2 aromatic heterocycles. The van der Waals surface area contributed by atoms with E-state index in [9.17, 15) is 4.79 Å². The molecule has 0 atom stereocenters. The van der Waals surface area contributed by atoms with E-state index in [0.717, 1.165) is 5.56 Å². The van der Waals surface area contributed by atoms with Gasteiger partial charge < -0.3 is 19.4 Å². The Morgan fingerprint density at radius 1 is 1.18 bits per heavy atom. The topological polar surface area (TPSA) is 91.2 Å². The standard InChI is InChI=1S/C20H25N5O3/c1-13(26)9-20(2,3)25-12-24-16-18(22-11-23-19(16)25)21-10-14-7-6-8-15(27-4)17(14)28-5/h6-8,11-12H,9-10H2,1-5H3,(H,21,22,23). The second-order valence-corrected chi connectivity index (χ2v) is 7.21. The molecule has 148 valence electrons. The summed E-state index contributed by atoms with van der Waals surface area (Å²) in [5, 5.41) is 3.31. The van der Waals surface area contributed by atoms with Gasteiger partial charge in [-0.25, -0.2) is 15.0 Å². The number of Topliss-reactive ketones (excluding diaryl/α,β-unsaturated/α-hetero) is 1. The van der Waals surface area contributed by atoms with Crippen LogP contribution >= 0.6 is 0 Å². The van der Waals surface area contributed by atoms with Crippen molar-refractivity contribution >= 4 is 22.8 Å². The Bertz CT molecular complexity index is 997. The second-order valence-electron chi connectivity index (χ2n) is 7.21. The second kappa shape index (κ2) is 7.84. The number of carbonyl (C=O) groups is 1. The molecule has 0 aliphatic rings. The Hall–Kier alpha value is -3.16. The van der Waals surface area contributed by atoms with Gasteiger partial charge in [-0.05, 0) is 26.8 Å². The lowest BCUT2D eigenvalue weighted by Crippen LogP contribution is -2.28. The molecule has 2 heterocycles. The molecule has 0 aliphatic carbocycles. The summed E-state index contributed by atoms with van der Waals surface area (Å²) in [6.07, 6.45) is 3.60. The summed E-state index contributed by atoms with van der Waals surface area (Å²) >= 11 is 0. The highest BCUT2D eigenvalue weighted by molar-refractivity contribution is 5.83. The highest BCUT2D eigenvalue weighted by atomic mass is 16.5. The van der Waals surface area contributed by atoms with Crippen molar-refractivity contribution in [3.63, 3.8) is 0 Å². The van der Waals surface area contributed by atoms with Crippen molar-refractivity contribution in [2.45, 2.75) is 39.3 Å². The van der Waals surface area contributed by atoms with E-state index in [1.165, 1.54) is 6.33 Å². The lowest BCUT2D eigenvalue weighted by atomic mass is 9.98. The number of aromatic nitrogens is 4. The number of imidazole rings is 1. The van der Waals surface area contributed by atoms with Gasteiger partial charge in [-0.2, -0.15) is 0 Å². The summed E-state index contributed by atoms with van der Waals surface area (Å²) < 4.78 is 12.7. The number of hydrogen-bond acceptors (Lipinski definition) is 7. The van der Waals surface area contributed by atoms with Crippen LogP contribution in [0.5, 0.6) is 11.5 Å². The normalized spacial score (nSPS) is 11.5. The van der Waals surface area contributed by atoms with E-state index in [0.29, 0.717) is 41.4 Å². The third-order valence-electron chi connectivity index (χ3n) is 4.60. The summed E-state index contributed by atoms with van der Waals surface area (Å²) in [6, 6.07) is 5.72. The van der Waals surface area contributed by atoms with Gasteiger partial charge in [0.15, 0.2) is 23.0 Å². The van der Waals surface area contributed by atoms with Crippen molar-refractivity contribution in [3.8, 4) is 11.5 Å². The molecule has 1 N–H and O–H groups in total. The number of carbonyl (C=O) groups excluding carboxylic acids is 1. The van der Waals surface area contributed by atoms with Crippen LogP contribution < -0.4 is 14.8 Å². The molecule has 0 amide bonds. The quantitative estimate of drug-likeness (QED) is 0.639. The van der Waals surface area contributed by atoms with E-state index in [4.69, 9.17) is 9.47 Å². The van der Waals surface area contributed by atoms with Crippen LogP contribution in [0.3, 0.4) is 0 Å². The van der Waals surface area contributed by atoms with Crippen molar-refractivity contribution in [1.82, 2.24) is 19.5 Å². The lowest BCUT2D eigenvalue weighted by molar-refractivity contribution is -0.118. The fraction of sp³-hybridized carbons (Fsp3) is 0.400. The van der Waals surface area contributed by atoms with Crippen molar-refractivity contribution in [1.29, 1.82) is 0 Å². The highest BCUT2D eigenvalue weighted by Crippen LogP contribution is 2.32. The van der Waals surface area contributed by atoms with Crippen LogP contribution in [0.4, 0.5) is 5.82 Å². The van der Waals surface area contributed by atoms with E-state index < -0.39 is 5.54 Å². The van der Waals surface area contributed by atoms with Crippen LogP contribution in [-0.2, 0) is 16.9 Å². The van der Waals surface area contributed by atoms with Gasteiger partial charge in [-0.1, -0.05) is 12.1 Å². The van der Waals surface area contributed by atoms with Gasteiger partial charge in [0.05, 0.1) is 20.5 Å². The molecule has 0 unspecified atom stereocenters. The molecule has 0 fully saturated rings. The minimum Gasteiger partial charge on any atom is -0.493 e. The number of nitrogens with one attached hydrogen (secondary N) is 1. The molecule has 0 spiro atoms. The number of methoxy groups -OCH3 is 2. The minimum absolute atomic E-state index is 0.115. The van der Waals surface area contributed by atoms with Crippen molar-refractivity contribution in [2.75, 3.05) is 19.5 Å². The maximum atomic E-state index is 11.6. The number of ketones is 1. The SMILES string of the molecule is COc1cccc(CNc2ncnc3c2ncn3C(C)(C)CC(C)=O)c1OC. The van der Waals surface area contributed by atoms with Gasteiger partial charge in [0.1, 0.15) is 17.6 Å². The zero-order chi connectivity index (χ0) is 20.3. The first-order valence-corrected chi connectivity index (χ1v) is 8.99. The van der Waals surface area contributed by atoms with E-state index in [1.807, 2.05) is 36.6 Å². The Morgan fingerprint density at radius 2 is 1.96 bits per heavy atom. The third kappa shape index (κ3) is 3.76. The van der Waals surface area contributed by atoms with Gasteiger partial charge in [-0.3, -0.25) is 4.79 Å². The van der Waals surface area contributed by atoms with Gasteiger partial charge >= 0.3 is 0 Å². The van der Waals surface area contributed by atoms with E-state index in [-0.39, 0.29) is 5.78 Å². The molecule has 3 aromatic rings. The van der Waals surface area contributed by atoms with Crippen LogP contribution in [0.25, 0.3) is 11.2 Å². The van der Waals surface area contributed by atoms with Crippen molar-refractivity contribution < 1.29 is 14.3 Å². The molecule has 0 radical (unpaired) electrons. The first-order valence-electron chi connectivity index (χ1n) is 8.99. The Labute approximate surface area is 163 Å². The van der Waals surface area contributed by atoms with Gasteiger partial charge in [0.2, 0.25) is 0 Å². The number of hydrogen-bond donors (Lipinski definition) is 1. The monoisotopic (exact) mass is 383 g/mol. The maximum Gasteiger partial charge on any atom is 0.165 e. The number of anilines is 1. The third-order valence-corrected chi connectivity index (χ3v) is 4.60. The fourth-order valence-electron chi connectivity index (χ4n) is 3.37. The summed E-state index contributed by atoms with van der Waals surface area (Å²) in [6.45, 7) is 6.05.